The molecule has 0 saturated carbocycles. The third-order valence-electron chi connectivity index (χ3n) is 2.73. The van der Waals surface area contributed by atoms with Crippen LogP contribution in [0.4, 0.5) is 0 Å². The monoisotopic (exact) mass is 335 g/mol. The van der Waals surface area contributed by atoms with Gasteiger partial charge in [-0.15, -0.1) is 0 Å². The lowest BCUT2D eigenvalue weighted by Crippen LogP contribution is -2.34. The van der Waals surface area contributed by atoms with Gasteiger partial charge in [0.15, 0.2) is 5.76 Å². The van der Waals surface area contributed by atoms with E-state index in [0.29, 0.717) is 16.3 Å². The number of nitrogens with one attached hydrogen (secondary N) is 2. The van der Waals surface area contributed by atoms with E-state index >= 15 is 0 Å². The molecule has 2 rings (SSSR count). The summed E-state index contributed by atoms with van der Waals surface area (Å²) in [4.78, 5) is 23.1. The maximum atomic E-state index is 11.6. The zero-order valence-electron chi connectivity index (χ0n) is 12.2. The molecule has 0 spiro atoms. The highest BCUT2D eigenvalue weighted by Gasteiger charge is 2.09. The van der Waals surface area contributed by atoms with E-state index in [4.69, 9.17) is 20.8 Å². The maximum Gasteiger partial charge on any atom is 0.287 e. The Labute approximate surface area is 137 Å². The molecule has 2 amide bonds. The van der Waals surface area contributed by atoms with Gasteiger partial charge in [0.2, 0.25) is 0 Å². The van der Waals surface area contributed by atoms with E-state index in [0.717, 1.165) is 0 Å². The first-order valence-electron chi connectivity index (χ1n) is 6.57. The molecule has 1 heterocycles. The van der Waals surface area contributed by atoms with Gasteiger partial charge in [-0.1, -0.05) is 11.6 Å². The Hall–Kier alpha value is -2.80. The standard InChI is InChI=1S/C15H14ClN3O4/c1-22-12-5-4-10(7-11(12)16)8-18-19-14(20)9-17-15(21)13-3-2-6-23-13/h2-8H,9H2,1H3,(H,17,21)(H,19,20)/b18-8+. The van der Waals surface area contributed by atoms with E-state index in [9.17, 15) is 9.59 Å². The molecule has 23 heavy (non-hydrogen) atoms. The first-order valence-corrected chi connectivity index (χ1v) is 6.95. The van der Waals surface area contributed by atoms with Crippen molar-refractivity contribution in [2.24, 2.45) is 5.10 Å². The molecule has 8 heteroatoms. The van der Waals surface area contributed by atoms with Crippen LogP contribution in [0.25, 0.3) is 0 Å². The summed E-state index contributed by atoms with van der Waals surface area (Å²) >= 11 is 5.97. The van der Waals surface area contributed by atoms with Crippen LogP contribution in [-0.4, -0.2) is 31.7 Å². The Morgan fingerprint density at radius 2 is 2.22 bits per heavy atom. The molecule has 120 valence electrons. The van der Waals surface area contributed by atoms with E-state index in [-0.39, 0.29) is 12.3 Å². The molecule has 1 aromatic heterocycles. The zero-order chi connectivity index (χ0) is 16.7. The number of furan rings is 1. The molecule has 0 aliphatic heterocycles. The summed E-state index contributed by atoms with van der Waals surface area (Å²) in [6, 6.07) is 8.15. The Bertz CT molecular complexity index is 714. The van der Waals surface area contributed by atoms with Crippen LogP contribution in [0.15, 0.2) is 46.1 Å². The lowest BCUT2D eigenvalue weighted by atomic mass is 10.2. The Kier molecular flexibility index (Phi) is 5.76. The summed E-state index contributed by atoms with van der Waals surface area (Å²) in [5.74, 6) is -0.264. The lowest BCUT2D eigenvalue weighted by molar-refractivity contribution is -0.120. The van der Waals surface area contributed by atoms with Gasteiger partial charge in [-0.25, -0.2) is 5.43 Å². The normalized spacial score (nSPS) is 10.5. The second-order valence-electron chi connectivity index (χ2n) is 4.35. The number of hydrogen-bond donors (Lipinski definition) is 2. The molecule has 0 fully saturated rings. The molecule has 0 radical (unpaired) electrons. The van der Waals surface area contributed by atoms with Gasteiger partial charge in [-0.05, 0) is 35.9 Å². The molecular weight excluding hydrogens is 322 g/mol. The number of rotatable bonds is 6. The van der Waals surface area contributed by atoms with Crippen LogP contribution in [-0.2, 0) is 4.79 Å². The molecule has 2 aromatic rings. The SMILES string of the molecule is COc1ccc(/C=N/NC(=O)CNC(=O)c2ccco2)cc1Cl. The minimum atomic E-state index is -0.476. The second-order valence-corrected chi connectivity index (χ2v) is 4.75. The van der Waals surface area contributed by atoms with E-state index in [2.05, 4.69) is 15.8 Å². The Morgan fingerprint density at radius 1 is 1.39 bits per heavy atom. The van der Waals surface area contributed by atoms with Crippen molar-refractivity contribution < 1.29 is 18.7 Å². The first kappa shape index (κ1) is 16.6. The number of carbonyl (C=O) groups excluding carboxylic acids is 2. The number of hydrogen-bond acceptors (Lipinski definition) is 5. The van der Waals surface area contributed by atoms with Crippen LogP contribution in [0, 0.1) is 0 Å². The van der Waals surface area contributed by atoms with Crippen LogP contribution in [0.5, 0.6) is 5.75 Å². The summed E-state index contributed by atoms with van der Waals surface area (Å²) in [6.07, 6.45) is 2.80. The summed E-state index contributed by atoms with van der Waals surface area (Å²) in [7, 11) is 1.52. The maximum absolute atomic E-state index is 11.6. The van der Waals surface area contributed by atoms with Crippen molar-refractivity contribution in [3.63, 3.8) is 0 Å². The van der Waals surface area contributed by atoms with Crippen molar-refractivity contribution in [2.75, 3.05) is 13.7 Å². The van der Waals surface area contributed by atoms with Gasteiger partial charge in [-0.2, -0.15) is 5.10 Å². The number of ether oxygens (including phenoxy) is 1. The van der Waals surface area contributed by atoms with Crippen molar-refractivity contribution in [1.82, 2.24) is 10.7 Å². The molecule has 2 N–H and O–H groups in total. The molecular formula is C15H14ClN3O4. The molecule has 0 bridgehead atoms. The van der Waals surface area contributed by atoms with E-state index in [1.165, 1.54) is 25.7 Å². The van der Waals surface area contributed by atoms with Gasteiger partial charge in [0, 0.05) is 0 Å². The van der Waals surface area contributed by atoms with Crippen LogP contribution >= 0.6 is 11.6 Å². The topological polar surface area (TPSA) is 92.9 Å². The third kappa shape index (κ3) is 4.86. The fourth-order valence-electron chi connectivity index (χ4n) is 1.64. The minimum Gasteiger partial charge on any atom is -0.495 e. The number of methoxy groups -OCH3 is 1. The van der Waals surface area contributed by atoms with Crippen molar-refractivity contribution in [3.8, 4) is 5.75 Å². The van der Waals surface area contributed by atoms with E-state index in [1.807, 2.05) is 0 Å². The fourth-order valence-corrected chi connectivity index (χ4v) is 1.90. The second kappa shape index (κ2) is 8.00. The smallest absolute Gasteiger partial charge is 0.287 e. The van der Waals surface area contributed by atoms with Crippen LogP contribution in [0.1, 0.15) is 16.1 Å². The zero-order valence-corrected chi connectivity index (χ0v) is 13.0. The van der Waals surface area contributed by atoms with Gasteiger partial charge in [0.05, 0.1) is 31.2 Å². The molecule has 0 aliphatic carbocycles. The highest BCUT2D eigenvalue weighted by molar-refractivity contribution is 6.32. The number of carbonyl (C=O) groups is 2. The van der Waals surface area contributed by atoms with E-state index in [1.54, 1.807) is 24.3 Å². The minimum absolute atomic E-state index is 0.133. The molecule has 1 aromatic carbocycles. The molecule has 7 nitrogen and oxygen atoms in total. The average molecular weight is 336 g/mol. The van der Waals surface area contributed by atoms with Crippen molar-refractivity contribution >= 4 is 29.6 Å². The Balaban J connectivity index is 1.79. The quantitative estimate of drug-likeness (QED) is 0.622. The molecule has 0 saturated heterocycles. The fraction of sp³-hybridized carbons (Fsp3) is 0.133. The van der Waals surface area contributed by atoms with Crippen molar-refractivity contribution in [2.45, 2.75) is 0 Å². The molecule has 0 atom stereocenters. The van der Waals surface area contributed by atoms with Gasteiger partial charge >= 0.3 is 0 Å². The number of halogens is 1. The van der Waals surface area contributed by atoms with Crippen LogP contribution < -0.4 is 15.5 Å². The molecule has 0 aliphatic rings. The van der Waals surface area contributed by atoms with Gasteiger partial charge in [0.1, 0.15) is 5.75 Å². The van der Waals surface area contributed by atoms with Crippen LogP contribution in [0.3, 0.4) is 0 Å². The number of hydrazone groups is 1. The molecule has 0 unspecified atom stereocenters. The van der Waals surface area contributed by atoms with Crippen molar-refractivity contribution in [1.29, 1.82) is 0 Å². The van der Waals surface area contributed by atoms with E-state index < -0.39 is 11.8 Å². The highest BCUT2D eigenvalue weighted by atomic mass is 35.5. The van der Waals surface area contributed by atoms with Gasteiger partial charge in [0.25, 0.3) is 11.8 Å². The summed E-state index contributed by atoms with van der Waals surface area (Å²) < 4.78 is 9.93. The summed E-state index contributed by atoms with van der Waals surface area (Å²) in [5, 5.41) is 6.62. The van der Waals surface area contributed by atoms with Gasteiger partial charge < -0.3 is 14.5 Å². The Morgan fingerprint density at radius 3 is 2.87 bits per heavy atom. The number of amides is 2. The highest BCUT2D eigenvalue weighted by Crippen LogP contribution is 2.24. The predicted octanol–water partition coefficient (Wildman–Crippen LogP) is 1.82. The average Bonchev–Trinajstić information content (AvgIpc) is 3.07. The third-order valence-corrected chi connectivity index (χ3v) is 3.03. The predicted molar refractivity (Wildman–Crippen MR) is 84.8 cm³/mol. The number of benzene rings is 1. The van der Waals surface area contributed by atoms with Crippen molar-refractivity contribution in [3.05, 3.63) is 52.9 Å². The first-order chi connectivity index (χ1) is 11.1. The van der Waals surface area contributed by atoms with Gasteiger partial charge in [-0.3, -0.25) is 9.59 Å². The number of nitrogens with zero attached hydrogens (tertiary/aromatic N) is 1. The lowest BCUT2D eigenvalue weighted by Gasteiger charge is -2.03. The summed E-state index contributed by atoms with van der Waals surface area (Å²) in [5.41, 5.74) is 2.98. The van der Waals surface area contributed by atoms with Crippen LogP contribution in [0.2, 0.25) is 5.02 Å². The summed E-state index contributed by atoms with van der Waals surface area (Å²) in [6.45, 7) is -0.222. The largest absolute Gasteiger partial charge is 0.495 e.